The van der Waals surface area contributed by atoms with E-state index in [2.05, 4.69) is 6.07 Å². The molecular formula is C11H19NO3. The van der Waals surface area contributed by atoms with Gasteiger partial charge in [-0.2, -0.15) is 5.26 Å². The fraction of sp³-hybridized carbons (Fsp3) is 0.909. The third-order valence-electron chi connectivity index (χ3n) is 3.18. The van der Waals surface area contributed by atoms with Crippen LogP contribution in [0.5, 0.6) is 0 Å². The van der Waals surface area contributed by atoms with Gasteiger partial charge in [0.15, 0.2) is 0 Å². The molecular weight excluding hydrogens is 194 g/mol. The molecule has 1 saturated carbocycles. The topological polar surface area (TPSA) is 51.5 Å². The fourth-order valence-corrected chi connectivity index (χ4v) is 2.39. The standard InChI is InChI=1S/C11H19NO3/c1-13-9-5-4-8(6-7-12)10(14-2)11(9)15-3/h8-11H,4-6H2,1-3H3. The Hall–Kier alpha value is -0.630. The van der Waals surface area contributed by atoms with E-state index in [4.69, 9.17) is 19.5 Å². The van der Waals surface area contributed by atoms with Crippen LogP contribution in [-0.4, -0.2) is 39.6 Å². The van der Waals surface area contributed by atoms with E-state index in [-0.39, 0.29) is 24.2 Å². The maximum Gasteiger partial charge on any atom is 0.110 e. The molecule has 1 rings (SSSR count). The molecule has 0 spiro atoms. The second-order valence-corrected chi connectivity index (χ2v) is 3.87. The third kappa shape index (κ3) is 2.69. The molecule has 0 N–H and O–H groups in total. The summed E-state index contributed by atoms with van der Waals surface area (Å²) in [6.45, 7) is 0. The molecule has 0 bridgehead atoms. The van der Waals surface area contributed by atoms with Gasteiger partial charge in [-0.15, -0.1) is 0 Å². The van der Waals surface area contributed by atoms with E-state index in [9.17, 15) is 0 Å². The van der Waals surface area contributed by atoms with E-state index in [1.165, 1.54) is 0 Å². The highest BCUT2D eigenvalue weighted by Gasteiger charge is 2.39. The van der Waals surface area contributed by atoms with Crippen molar-refractivity contribution in [2.45, 2.75) is 37.6 Å². The minimum atomic E-state index is -0.0629. The second-order valence-electron chi connectivity index (χ2n) is 3.87. The van der Waals surface area contributed by atoms with Crippen molar-refractivity contribution in [3.63, 3.8) is 0 Å². The lowest BCUT2D eigenvalue weighted by molar-refractivity contribution is -0.148. The number of nitriles is 1. The van der Waals surface area contributed by atoms with Crippen LogP contribution in [0.2, 0.25) is 0 Å². The van der Waals surface area contributed by atoms with Gasteiger partial charge in [0.2, 0.25) is 0 Å². The number of rotatable bonds is 4. The number of methoxy groups -OCH3 is 3. The van der Waals surface area contributed by atoms with E-state index in [0.717, 1.165) is 12.8 Å². The summed E-state index contributed by atoms with van der Waals surface area (Å²) >= 11 is 0. The molecule has 4 unspecified atom stereocenters. The predicted octanol–water partition coefficient (Wildman–Crippen LogP) is 1.36. The SMILES string of the molecule is COC1CCC(CC#N)C(OC)C1OC. The first-order valence-electron chi connectivity index (χ1n) is 5.23. The fourth-order valence-electron chi connectivity index (χ4n) is 2.39. The average Bonchev–Trinajstić information content (AvgIpc) is 2.28. The molecule has 1 aliphatic rings. The third-order valence-corrected chi connectivity index (χ3v) is 3.18. The maximum absolute atomic E-state index is 8.74. The Morgan fingerprint density at radius 3 is 2.20 bits per heavy atom. The van der Waals surface area contributed by atoms with E-state index in [1.807, 2.05) is 0 Å². The minimum absolute atomic E-state index is 0.0339. The van der Waals surface area contributed by atoms with Crippen LogP contribution in [0.1, 0.15) is 19.3 Å². The van der Waals surface area contributed by atoms with Crippen LogP contribution in [0, 0.1) is 17.2 Å². The highest BCUT2D eigenvalue weighted by molar-refractivity contribution is 4.93. The number of nitrogens with zero attached hydrogens (tertiary/aromatic N) is 1. The van der Waals surface area contributed by atoms with Crippen molar-refractivity contribution >= 4 is 0 Å². The average molecular weight is 213 g/mol. The van der Waals surface area contributed by atoms with Crippen LogP contribution in [0.3, 0.4) is 0 Å². The zero-order valence-electron chi connectivity index (χ0n) is 9.60. The van der Waals surface area contributed by atoms with Crippen molar-refractivity contribution in [2.24, 2.45) is 5.92 Å². The molecule has 0 amide bonds. The summed E-state index contributed by atoms with van der Waals surface area (Å²) in [5, 5.41) is 8.74. The zero-order chi connectivity index (χ0) is 11.3. The summed E-state index contributed by atoms with van der Waals surface area (Å²) in [6.07, 6.45) is 2.40. The van der Waals surface area contributed by atoms with E-state index in [1.54, 1.807) is 21.3 Å². The van der Waals surface area contributed by atoms with Crippen molar-refractivity contribution in [2.75, 3.05) is 21.3 Å². The molecule has 0 radical (unpaired) electrons. The smallest absolute Gasteiger partial charge is 0.110 e. The monoisotopic (exact) mass is 213 g/mol. The number of hydrogen-bond donors (Lipinski definition) is 0. The first-order valence-corrected chi connectivity index (χ1v) is 5.23. The largest absolute Gasteiger partial charge is 0.379 e. The number of hydrogen-bond acceptors (Lipinski definition) is 4. The molecule has 0 aliphatic heterocycles. The molecule has 4 atom stereocenters. The quantitative estimate of drug-likeness (QED) is 0.707. The molecule has 0 aromatic heterocycles. The molecule has 0 heterocycles. The molecule has 4 nitrogen and oxygen atoms in total. The molecule has 15 heavy (non-hydrogen) atoms. The predicted molar refractivity (Wildman–Crippen MR) is 55.3 cm³/mol. The molecule has 0 saturated heterocycles. The Morgan fingerprint density at radius 1 is 1.07 bits per heavy atom. The van der Waals surface area contributed by atoms with Crippen molar-refractivity contribution in [1.29, 1.82) is 5.26 Å². The molecule has 1 aliphatic carbocycles. The summed E-state index contributed by atoms with van der Waals surface area (Å²) in [4.78, 5) is 0. The Kier molecular flexibility index (Phi) is 5.03. The number of ether oxygens (including phenoxy) is 3. The van der Waals surface area contributed by atoms with Gasteiger partial charge in [0, 0.05) is 33.7 Å². The second kappa shape index (κ2) is 6.06. The van der Waals surface area contributed by atoms with Gasteiger partial charge in [-0.05, 0) is 12.8 Å². The van der Waals surface area contributed by atoms with Crippen LogP contribution < -0.4 is 0 Å². The van der Waals surface area contributed by atoms with Crippen molar-refractivity contribution in [1.82, 2.24) is 0 Å². The lowest BCUT2D eigenvalue weighted by atomic mass is 9.81. The Bertz CT molecular complexity index is 226. The molecule has 0 aromatic carbocycles. The van der Waals surface area contributed by atoms with Crippen LogP contribution in [0.25, 0.3) is 0 Å². The highest BCUT2D eigenvalue weighted by Crippen LogP contribution is 2.32. The first kappa shape index (κ1) is 12.4. The van der Waals surface area contributed by atoms with Crippen LogP contribution in [0.15, 0.2) is 0 Å². The van der Waals surface area contributed by atoms with Crippen molar-refractivity contribution < 1.29 is 14.2 Å². The molecule has 0 aromatic rings. The van der Waals surface area contributed by atoms with E-state index < -0.39 is 0 Å². The summed E-state index contributed by atoms with van der Waals surface area (Å²) in [6, 6.07) is 2.20. The van der Waals surface area contributed by atoms with E-state index in [0.29, 0.717) is 6.42 Å². The molecule has 1 fully saturated rings. The summed E-state index contributed by atoms with van der Waals surface area (Å²) < 4.78 is 16.2. The maximum atomic E-state index is 8.74. The first-order chi connectivity index (χ1) is 7.28. The molecule has 86 valence electrons. The van der Waals surface area contributed by atoms with Gasteiger partial charge in [-0.1, -0.05) is 0 Å². The van der Waals surface area contributed by atoms with Crippen LogP contribution in [-0.2, 0) is 14.2 Å². The van der Waals surface area contributed by atoms with Crippen molar-refractivity contribution in [3.05, 3.63) is 0 Å². The van der Waals surface area contributed by atoms with Gasteiger partial charge in [-0.3, -0.25) is 0 Å². The Labute approximate surface area is 91.1 Å². The van der Waals surface area contributed by atoms with Crippen molar-refractivity contribution in [3.8, 4) is 6.07 Å². The lowest BCUT2D eigenvalue weighted by Crippen LogP contribution is -2.49. The summed E-state index contributed by atoms with van der Waals surface area (Å²) in [5.74, 6) is 0.261. The van der Waals surface area contributed by atoms with Gasteiger partial charge in [0.25, 0.3) is 0 Å². The van der Waals surface area contributed by atoms with Gasteiger partial charge < -0.3 is 14.2 Å². The van der Waals surface area contributed by atoms with Gasteiger partial charge >= 0.3 is 0 Å². The molecule has 4 heteroatoms. The van der Waals surface area contributed by atoms with Gasteiger partial charge in [0.05, 0.1) is 18.3 Å². The van der Waals surface area contributed by atoms with Crippen LogP contribution >= 0.6 is 0 Å². The Balaban J connectivity index is 2.71. The van der Waals surface area contributed by atoms with E-state index >= 15 is 0 Å². The Morgan fingerprint density at radius 2 is 1.73 bits per heavy atom. The zero-order valence-corrected chi connectivity index (χ0v) is 9.60. The highest BCUT2D eigenvalue weighted by atomic mass is 16.6. The van der Waals surface area contributed by atoms with Gasteiger partial charge in [0.1, 0.15) is 6.10 Å². The minimum Gasteiger partial charge on any atom is -0.379 e. The summed E-state index contributed by atoms with van der Waals surface area (Å²) in [5.41, 5.74) is 0. The van der Waals surface area contributed by atoms with Gasteiger partial charge in [-0.25, -0.2) is 0 Å². The lowest BCUT2D eigenvalue weighted by Gasteiger charge is -2.39. The summed E-state index contributed by atoms with van der Waals surface area (Å²) in [7, 11) is 5.02. The normalized spacial score (nSPS) is 36.1. The van der Waals surface area contributed by atoms with Crippen LogP contribution in [0.4, 0.5) is 0 Å².